The van der Waals surface area contributed by atoms with Crippen LogP contribution >= 0.6 is 0 Å². The normalized spacial score (nSPS) is 12.5. The molecule has 1 aromatic heterocycles. The molecular weight excluding hydrogens is 214 g/mol. The van der Waals surface area contributed by atoms with Crippen molar-refractivity contribution in [3.8, 4) is 0 Å². The monoisotopic (exact) mass is 235 g/mol. The lowest BCUT2D eigenvalue weighted by atomic mass is 10.1. The average Bonchev–Trinajstić information content (AvgIpc) is 2.30. The Kier molecular flexibility index (Phi) is 5.63. The predicted octanol–water partition coefficient (Wildman–Crippen LogP) is 1.60. The number of hydrogen-bond acceptors (Lipinski definition) is 3. The first-order chi connectivity index (χ1) is 8.16. The Balaban J connectivity index is 2.70. The van der Waals surface area contributed by atoms with Gasteiger partial charge in [-0.25, -0.2) is 0 Å². The highest BCUT2D eigenvalue weighted by atomic mass is 16.2. The number of aromatic nitrogens is 1. The topological polar surface area (TPSA) is 45.2 Å². The van der Waals surface area contributed by atoms with Crippen molar-refractivity contribution in [2.75, 3.05) is 20.6 Å². The molecule has 1 aromatic rings. The van der Waals surface area contributed by atoms with E-state index in [0.29, 0.717) is 0 Å². The first kappa shape index (κ1) is 13.6. The van der Waals surface area contributed by atoms with Crippen LogP contribution in [0, 0.1) is 0 Å². The van der Waals surface area contributed by atoms with Gasteiger partial charge in [0.25, 0.3) is 0 Å². The fraction of sp³-hybridized carbons (Fsp3) is 0.538. The van der Waals surface area contributed by atoms with Crippen LogP contribution in [0.3, 0.4) is 0 Å². The molecule has 1 N–H and O–H groups in total. The summed E-state index contributed by atoms with van der Waals surface area (Å²) in [6.07, 6.45) is 5.55. The van der Waals surface area contributed by atoms with Crippen LogP contribution in [0.5, 0.6) is 0 Å². The van der Waals surface area contributed by atoms with Gasteiger partial charge in [0.1, 0.15) is 6.04 Å². The van der Waals surface area contributed by atoms with Gasteiger partial charge in [0.05, 0.1) is 0 Å². The van der Waals surface area contributed by atoms with E-state index in [4.69, 9.17) is 0 Å². The van der Waals surface area contributed by atoms with Crippen LogP contribution in [0.25, 0.3) is 0 Å². The molecule has 17 heavy (non-hydrogen) atoms. The molecule has 4 nitrogen and oxygen atoms in total. The van der Waals surface area contributed by atoms with Gasteiger partial charge in [-0.1, -0.05) is 19.4 Å². The molecule has 0 spiro atoms. The van der Waals surface area contributed by atoms with Gasteiger partial charge in [-0.15, -0.1) is 0 Å². The van der Waals surface area contributed by atoms with Crippen molar-refractivity contribution in [1.29, 1.82) is 0 Å². The SMILES string of the molecule is CCCCNC(=O)C(c1cccnc1)N(C)C. The molecule has 1 atom stereocenters. The summed E-state index contributed by atoms with van der Waals surface area (Å²) in [4.78, 5) is 18.0. The van der Waals surface area contributed by atoms with E-state index in [1.165, 1.54) is 0 Å². The van der Waals surface area contributed by atoms with E-state index in [-0.39, 0.29) is 11.9 Å². The number of rotatable bonds is 6. The summed E-state index contributed by atoms with van der Waals surface area (Å²) in [5.74, 6) is 0.0384. The summed E-state index contributed by atoms with van der Waals surface area (Å²) in [5, 5.41) is 2.96. The molecule has 0 saturated carbocycles. The van der Waals surface area contributed by atoms with E-state index in [9.17, 15) is 4.79 Å². The van der Waals surface area contributed by atoms with Gasteiger partial charge >= 0.3 is 0 Å². The number of unbranched alkanes of at least 4 members (excludes halogenated alkanes) is 1. The lowest BCUT2D eigenvalue weighted by Crippen LogP contribution is -2.37. The summed E-state index contributed by atoms with van der Waals surface area (Å²) in [5.41, 5.74) is 0.923. The summed E-state index contributed by atoms with van der Waals surface area (Å²) in [7, 11) is 3.80. The Labute approximate surface area is 103 Å². The van der Waals surface area contributed by atoms with Crippen molar-refractivity contribution in [1.82, 2.24) is 15.2 Å². The van der Waals surface area contributed by atoms with Crippen molar-refractivity contribution < 1.29 is 4.79 Å². The third kappa shape index (κ3) is 4.15. The van der Waals surface area contributed by atoms with Crippen LogP contribution < -0.4 is 5.32 Å². The van der Waals surface area contributed by atoms with Crippen molar-refractivity contribution in [3.05, 3.63) is 30.1 Å². The van der Waals surface area contributed by atoms with Crippen LogP contribution in [0.2, 0.25) is 0 Å². The average molecular weight is 235 g/mol. The third-order valence-electron chi connectivity index (χ3n) is 2.59. The maximum absolute atomic E-state index is 12.1. The smallest absolute Gasteiger partial charge is 0.242 e. The Morgan fingerprint density at radius 3 is 2.82 bits per heavy atom. The number of carbonyl (C=O) groups is 1. The second kappa shape index (κ2) is 7.01. The van der Waals surface area contributed by atoms with Gasteiger partial charge in [-0.3, -0.25) is 14.7 Å². The van der Waals surface area contributed by atoms with Crippen LogP contribution in [0.15, 0.2) is 24.5 Å². The molecule has 1 amide bonds. The summed E-state index contributed by atoms with van der Waals surface area (Å²) >= 11 is 0. The molecule has 0 aliphatic heterocycles. The number of pyridine rings is 1. The molecule has 0 saturated heterocycles. The minimum absolute atomic E-state index is 0.0384. The van der Waals surface area contributed by atoms with Crippen LogP contribution in [-0.2, 0) is 4.79 Å². The quantitative estimate of drug-likeness (QED) is 0.762. The van der Waals surface area contributed by atoms with Crippen molar-refractivity contribution in [2.45, 2.75) is 25.8 Å². The minimum atomic E-state index is -0.263. The molecule has 1 unspecified atom stereocenters. The van der Waals surface area contributed by atoms with Gasteiger partial charge < -0.3 is 5.32 Å². The molecule has 0 fully saturated rings. The van der Waals surface area contributed by atoms with Crippen molar-refractivity contribution >= 4 is 5.91 Å². The van der Waals surface area contributed by atoms with Crippen LogP contribution in [0.4, 0.5) is 0 Å². The van der Waals surface area contributed by atoms with E-state index in [1.807, 2.05) is 31.1 Å². The zero-order chi connectivity index (χ0) is 12.7. The highest BCUT2D eigenvalue weighted by molar-refractivity contribution is 5.83. The van der Waals surface area contributed by atoms with Gasteiger partial charge in [-0.05, 0) is 32.1 Å². The van der Waals surface area contributed by atoms with E-state index < -0.39 is 0 Å². The first-order valence-electron chi connectivity index (χ1n) is 6.01. The lowest BCUT2D eigenvalue weighted by Gasteiger charge is -2.23. The van der Waals surface area contributed by atoms with Crippen LogP contribution in [0.1, 0.15) is 31.4 Å². The zero-order valence-electron chi connectivity index (χ0n) is 10.8. The zero-order valence-corrected chi connectivity index (χ0v) is 10.8. The fourth-order valence-corrected chi connectivity index (χ4v) is 1.71. The van der Waals surface area contributed by atoms with Crippen molar-refractivity contribution in [3.63, 3.8) is 0 Å². The highest BCUT2D eigenvalue weighted by Gasteiger charge is 2.22. The largest absolute Gasteiger partial charge is 0.354 e. The van der Waals surface area contributed by atoms with Gasteiger partial charge in [0, 0.05) is 18.9 Å². The lowest BCUT2D eigenvalue weighted by molar-refractivity contribution is -0.125. The molecule has 0 aliphatic rings. The maximum atomic E-state index is 12.1. The minimum Gasteiger partial charge on any atom is -0.354 e. The molecule has 0 bridgehead atoms. The number of nitrogens with one attached hydrogen (secondary N) is 1. The predicted molar refractivity (Wildman–Crippen MR) is 68.6 cm³/mol. The highest BCUT2D eigenvalue weighted by Crippen LogP contribution is 2.16. The van der Waals surface area contributed by atoms with Gasteiger partial charge in [0.2, 0.25) is 5.91 Å². The Morgan fingerprint density at radius 2 is 2.29 bits per heavy atom. The summed E-state index contributed by atoms with van der Waals surface area (Å²) in [6, 6.07) is 3.52. The van der Waals surface area contributed by atoms with Crippen molar-refractivity contribution in [2.24, 2.45) is 0 Å². The maximum Gasteiger partial charge on any atom is 0.242 e. The molecule has 0 aromatic carbocycles. The molecule has 1 heterocycles. The Bertz CT molecular complexity index is 338. The fourth-order valence-electron chi connectivity index (χ4n) is 1.71. The van der Waals surface area contributed by atoms with Gasteiger partial charge in [-0.2, -0.15) is 0 Å². The number of hydrogen-bond donors (Lipinski definition) is 1. The standard InChI is InChI=1S/C13H21N3O/c1-4-5-9-15-13(17)12(16(2)3)11-7-6-8-14-10-11/h6-8,10,12H,4-5,9H2,1-3H3,(H,15,17). The van der Waals surface area contributed by atoms with E-state index in [0.717, 1.165) is 24.9 Å². The molecule has 94 valence electrons. The van der Waals surface area contributed by atoms with Gasteiger partial charge in [0.15, 0.2) is 0 Å². The van der Waals surface area contributed by atoms with E-state index in [1.54, 1.807) is 12.4 Å². The summed E-state index contributed by atoms with van der Waals surface area (Å²) < 4.78 is 0. The number of likely N-dealkylation sites (N-methyl/N-ethyl adjacent to an activating group) is 1. The second-order valence-corrected chi connectivity index (χ2v) is 4.30. The molecule has 4 heteroatoms. The third-order valence-corrected chi connectivity index (χ3v) is 2.59. The summed E-state index contributed by atoms with van der Waals surface area (Å²) in [6.45, 7) is 2.84. The molecular formula is C13H21N3O. The number of carbonyl (C=O) groups excluding carboxylic acids is 1. The molecule has 0 aliphatic carbocycles. The second-order valence-electron chi connectivity index (χ2n) is 4.30. The van der Waals surface area contributed by atoms with E-state index in [2.05, 4.69) is 17.2 Å². The van der Waals surface area contributed by atoms with Crippen LogP contribution in [-0.4, -0.2) is 36.4 Å². The first-order valence-corrected chi connectivity index (χ1v) is 6.01. The molecule has 0 radical (unpaired) electrons. The number of amides is 1. The Hall–Kier alpha value is -1.42. The Morgan fingerprint density at radius 1 is 1.53 bits per heavy atom. The van der Waals surface area contributed by atoms with E-state index >= 15 is 0 Å². The number of nitrogens with zero attached hydrogens (tertiary/aromatic N) is 2. The molecule has 1 rings (SSSR count).